The second kappa shape index (κ2) is 10.8. The summed E-state index contributed by atoms with van der Waals surface area (Å²) in [6.45, 7) is 5.92. The summed E-state index contributed by atoms with van der Waals surface area (Å²) < 4.78 is 11.1. The van der Waals surface area contributed by atoms with Crippen molar-refractivity contribution in [2.45, 2.75) is 26.7 Å². The molecule has 0 atom stereocenters. The minimum absolute atomic E-state index is 0.0453. The number of ether oxygens (including phenoxy) is 2. The quantitative estimate of drug-likeness (QED) is 0.349. The van der Waals surface area contributed by atoms with Crippen molar-refractivity contribution in [3.63, 3.8) is 0 Å². The minimum atomic E-state index is -0.688. The highest BCUT2D eigenvalue weighted by Crippen LogP contribution is 2.31. The number of nitrogens with zero attached hydrogens (tertiary/aromatic N) is 2. The number of thiophene rings is 1. The van der Waals surface area contributed by atoms with E-state index in [9.17, 15) is 19.2 Å². The van der Waals surface area contributed by atoms with Crippen LogP contribution in [0.3, 0.4) is 0 Å². The molecule has 0 fully saturated rings. The van der Waals surface area contributed by atoms with Gasteiger partial charge in [0.15, 0.2) is 5.69 Å². The Morgan fingerprint density at radius 1 is 1.03 bits per heavy atom. The number of hydrogen-bond acceptors (Lipinski definition) is 8. The fraction of sp³-hybridized carbons (Fsp3) is 0.222. The summed E-state index contributed by atoms with van der Waals surface area (Å²) in [4.78, 5) is 51.7. The van der Waals surface area contributed by atoms with Crippen LogP contribution in [-0.4, -0.2) is 41.3 Å². The molecule has 1 amide bonds. The zero-order valence-electron chi connectivity index (χ0n) is 20.7. The molecule has 0 radical (unpaired) electrons. The van der Waals surface area contributed by atoms with Crippen LogP contribution in [0.25, 0.3) is 16.5 Å². The average molecular weight is 520 g/mol. The van der Waals surface area contributed by atoms with Crippen molar-refractivity contribution in [2.75, 3.05) is 19.0 Å². The Balaban J connectivity index is 1.86. The molecule has 0 aliphatic carbocycles. The molecule has 0 saturated carbocycles. The van der Waals surface area contributed by atoms with Crippen LogP contribution in [0.5, 0.6) is 0 Å². The molecule has 2 heterocycles. The van der Waals surface area contributed by atoms with E-state index < -0.39 is 23.4 Å². The molecule has 10 heteroatoms. The number of fused-ring (bicyclic) bond motifs is 1. The molecule has 2 aromatic carbocycles. The van der Waals surface area contributed by atoms with Gasteiger partial charge >= 0.3 is 11.9 Å². The number of aromatic nitrogens is 2. The summed E-state index contributed by atoms with van der Waals surface area (Å²) >= 11 is 1.07. The van der Waals surface area contributed by atoms with Crippen LogP contribution < -0.4 is 10.9 Å². The number of amides is 1. The van der Waals surface area contributed by atoms with Gasteiger partial charge in [-0.1, -0.05) is 38.1 Å². The fourth-order valence-corrected chi connectivity index (χ4v) is 4.74. The Morgan fingerprint density at radius 2 is 1.70 bits per heavy atom. The molecule has 0 bridgehead atoms. The molecule has 0 unspecified atom stereocenters. The van der Waals surface area contributed by atoms with E-state index >= 15 is 0 Å². The van der Waals surface area contributed by atoms with Gasteiger partial charge in [-0.3, -0.25) is 9.59 Å². The Labute approximate surface area is 216 Å². The molecule has 37 heavy (non-hydrogen) atoms. The number of anilines is 1. The first kappa shape index (κ1) is 25.8. The Bertz CT molecular complexity index is 1550. The predicted octanol–water partition coefficient (Wildman–Crippen LogP) is 4.79. The van der Waals surface area contributed by atoms with Crippen LogP contribution in [0.1, 0.15) is 63.5 Å². The second-order valence-corrected chi connectivity index (χ2v) is 9.26. The molecule has 0 aliphatic heterocycles. The third-order valence-electron chi connectivity index (χ3n) is 5.73. The largest absolute Gasteiger partial charge is 0.465 e. The lowest BCUT2D eigenvalue weighted by Crippen LogP contribution is -2.26. The summed E-state index contributed by atoms with van der Waals surface area (Å²) in [5, 5.41) is 9.21. The molecule has 9 nitrogen and oxygen atoms in total. The van der Waals surface area contributed by atoms with Crippen molar-refractivity contribution < 1.29 is 23.9 Å². The minimum Gasteiger partial charge on any atom is -0.465 e. The lowest BCUT2D eigenvalue weighted by Gasteiger charge is -2.12. The van der Waals surface area contributed by atoms with Gasteiger partial charge in [-0.2, -0.15) is 9.78 Å². The maximum Gasteiger partial charge on any atom is 0.359 e. The van der Waals surface area contributed by atoms with Crippen LogP contribution >= 0.6 is 11.3 Å². The van der Waals surface area contributed by atoms with Crippen LogP contribution in [0, 0.1) is 0 Å². The third kappa shape index (κ3) is 5.01. The van der Waals surface area contributed by atoms with Gasteiger partial charge in [-0.15, -0.1) is 11.3 Å². The van der Waals surface area contributed by atoms with Crippen LogP contribution in [0.15, 0.2) is 58.7 Å². The van der Waals surface area contributed by atoms with Gasteiger partial charge in [-0.25, -0.2) is 9.59 Å². The molecule has 190 valence electrons. The van der Waals surface area contributed by atoms with Gasteiger partial charge in [0, 0.05) is 10.8 Å². The first-order valence-electron chi connectivity index (χ1n) is 11.6. The predicted molar refractivity (Wildman–Crippen MR) is 141 cm³/mol. The maximum absolute atomic E-state index is 13.6. The number of benzene rings is 2. The number of carbonyl (C=O) groups is 3. The van der Waals surface area contributed by atoms with Crippen molar-refractivity contribution >= 4 is 45.0 Å². The Kier molecular flexibility index (Phi) is 7.49. The van der Waals surface area contributed by atoms with Crippen molar-refractivity contribution in [1.82, 2.24) is 9.78 Å². The third-order valence-corrected chi connectivity index (χ3v) is 6.62. The number of nitrogens with one attached hydrogen (secondary N) is 1. The molecular formula is C27H25N3O6S. The SMILES string of the molecule is CCOC(=O)c1nn(-c2ccc(C(C)C)cc2)c(=O)c2c(NC(=O)c3ccccc3C(=O)OC)scc12. The zero-order valence-corrected chi connectivity index (χ0v) is 21.5. The number of hydrogen-bond donors (Lipinski definition) is 1. The van der Waals surface area contributed by atoms with Gasteiger partial charge in [0.2, 0.25) is 0 Å². The van der Waals surface area contributed by atoms with Crippen LogP contribution in [0.4, 0.5) is 5.00 Å². The van der Waals surface area contributed by atoms with Crippen molar-refractivity contribution in [1.29, 1.82) is 0 Å². The number of esters is 2. The molecule has 4 aromatic rings. The smallest absolute Gasteiger partial charge is 0.359 e. The van der Waals surface area contributed by atoms with E-state index in [1.165, 1.54) is 19.2 Å². The van der Waals surface area contributed by atoms with Gasteiger partial charge < -0.3 is 14.8 Å². The zero-order chi connectivity index (χ0) is 26.7. The molecule has 0 aliphatic rings. The normalized spacial score (nSPS) is 10.9. The summed E-state index contributed by atoms with van der Waals surface area (Å²) in [7, 11) is 1.23. The molecule has 2 aromatic heterocycles. The number of methoxy groups -OCH3 is 1. The second-order valence-electron chi connectivity index (χ2n) is 8.38. The van der Waals surface area contributed by atoms with Crippen molar-refractivity contribution in [2.24, 2.45) is 0 Å². The standard InChI is InChI=1S/C27H25N3O6S/c1-5-36-27(34)22-20-14-37-24(28-23(31)18-8-6-7-9-19(18)26(33)35-4)21(20)25(32)30(29-22)17-12-10-16(11-13-17)15(2)3/h6-15H,5H2,1-4H3,(H,28,31). The van der Waals surface area contributed by atoms with Gasteiger partial charge in [0.1, 0.15) is 5.00 Å². The first-order chi connectivity index (χ1) is 17.8. The van der Waals surface area contributed by atoms with Crippen molar-refractivity contribution in [3.8, 4) is 5.69 Å². The van der Waals surface area contributed by atoms with E-state index in [4.69, 9.17) is 9.47 Å². The summed E-state index contributed by atoms with van der Waals surface area (Å²) in [6.07, 6.45) is 0. The van der Waals surface area contributed by atoms with Crippen LogP contribution in [0.2, 0.25) is 0 Å². The van der Waals surface area contributed by atoms with E-state index in [1.807, 2.05) is 12.1 Å². The van der Waals surface area contributed by atoms with E-state index in [0.29, 0.717) is 11.6 Å². The van der Waals surface area contributed by atoms with E-state index in [-0.39, 0.29) is 39.2 Å². The van der Waals surface area contributed by atoms with Crippen LogP contribution in [-0.2, 0) is 9.47 Å². The first-order valence-corrected chi connectivity index (χ1v) is 12.4. The lowest BCUT2D eigenvalue weighted by molar-refractivity contribution is 0.0519. The lowest BCUT2D eigenvalue weighted by atomic mass is 10.0. The molecule has 4 rings (SSSR count). The highest BCUT2D eigenvalue weighted by molar-refractivity contribution is 7.16. The maximum atomic E-state index is 13.6. The van der Waals surface area contributed by atoms with Gasteiger partial charge in [0.05, 0.1) is 35.9 Å². The molecule has 1 N–H and O–H groups in total. The highest BCUT2D eigenvalue weighted by Gasteiger charge is 2.24. The van der Waals surface area contributed by atoms with E-state index in [1.54, 1.807) is 36.6 Å². The van der Waals surface area contributed by atoms with Gasteiger partial charge in [0.25, 0.3) is 11.5 Å². The fourth-order valence-electron chi connectivity index (χ4n) is 3.81. The summed E-state index contributed by atoms with van der Waals surface area (Å²) in [5.41, 5.74) is 1.15. The Hall–Kier alpha value is -4.31. The number of carbonyl (C=O) groups excluding carboxylic acids is 3. The summed E-state index contributed by atoms with van der Waals surface area (Å²) in [5.74, 6) is -1.66. The molecular weight excluding hydrogens is 494 g/mol. The highest BCUT2D eigenvalue weighted by atomic mass is 32.1. The van der Waals surface area contributed by atoms with Crippen molar-refractivity contribution in [3.05, 3.63) is 86.6 Å². The molecule has 0 spiro atoms. The van der Waals surface area contributed by atoms with Gasteiger partial charge in [-0.05, 0) is 42.7 Å². The average Bonchev–Trinajstić information content (AvgIpc) is 3.32. The monoisotopic (exact) mass is 519 g/mol. The van der Waals surface area contributed by atoms with E-state index in [2.05, 4.69) is 24.3 Å². The van der Waals surface area contributed by atoms with E-state index in [0.717, 1.165) is 21.6 Å². The summed E-state index contributed by atoms with van der Waals surface area (Å²) in [6, 6.07) is 13.5. The molecule has 0 saturated heterocycles. The topological polar surface area (TPSA) is 117 Å². The number of rotatable bonds is 7. The Morgan fingerprint density at radius 3 is 2.32 bits per heavy atom.